The normalized spacial score (nSPS) is 16.0. The van der Waals surface area contributed by atoms with Crippen LogP contribution in [-0.2, 0) is 6.18 Å². The van der Waals surface area contributed by atoms with E-state index in [0.717, 1.165) is 30.5 Å². The Labute approximate surface area is 154 Å². The molecule has 2 aromatic carbocycles. The molecule has 0 bridgehead atoms. The van der Waals surface area contributed by atoms with Crippen molar-refractivity contribution < 1.29 is 18.0 Å². The standard InChI is InChI=1S/C21H19F3N2O/c22-21(23,24)16-5-3-4-15(12-16)20(27)26-10-8-14(9-11-26)18-13-25-19-7-2-1-6-17(18)19/h1-7,12-14,25H,8-11H2. The van der Waals surface area contributed by atoms with Crippen LogP contribution >= 0.6 is 0 Å². The molecule has 140 valence electrons. The maximum atomic E-state index is 12.9. The van der Waals surface area contributed by atoms with Gasteiger partial charge in [0.25, 0.3) is 5.91 Å². The summed E-state index contributed by atoms with van der Waals surface area (Å²) in [7, 11) is 0. The highest BCUT2D eigenvalue weighted by molar-refractivity contribution is 5.94. The summed E-state index contributed by atoms with van der Waals surface area (Å²) < 4.78 is 38.6. The van der Waals surface area contributed by atoms with E-state index in [1.807, 2.05) is 24.4 Å². The summed E-state index contributed by atoms with van der Waals surface area (Å²) >= 11 is 0. The third-order valence-electron chi connectivity index (χ3n) is 5.28. The van der Waals surface area contributed by atoms with E-state index in [2.05, 4.69) is 11.1 Å². The number of carbonyl (C=O) groups is 1. The number of para-hydroxylation sites is 1. The Morgan fingerprint density at radius 2 is 1.78 bits per heavy atom. The molecule has 0 saturated carbocycles. The second-order valence-electron chi connectivity index (χ2n) is 6.93. The molecule has 1 saturated heterocycles. The summed E-state index contributed by atoms with van der Waals surface area (Å²) in [6.45, 7) is 1.08. The molecule has 0 spiro atoms. The van der Waals surface area contributed by atoms with Crippen molar-refractivity contribution in [3.05, 3.63) is 71.4 Å². The number of amides is 1. The molecule has 6 heteroatoms. The predicted octanol–water partition coefficient (Wildman–Crippen LogP) is 5.21. The number of fused-ring (bicyclic) bond motifs is 1. The third kappa shape index (κ3) is 3.44. The van der Waals surface area contributed by atoms with Crippen molar-refractivity contribution in [2.75, 3.05) is 13.1 Å². The molecule has 0 radical (unpaired) electrons. The number of piperidine rings is 1. The van der Waals surface area contributed by atoms with E-state index in [4.69, 9.17) is 0 Å². The SMILES string of the molecule is O=C(c1cccc(C(F)(F)F)c1)N1CCC(c2c[nH]c3ccccc23)CC1. The molecular formula is C21H19F3N2O. The maximum absolute atomic E-state index is 12.9. The molecule has 3 nitrogen and oxygen atoms in total. The first-order valence-electron chi connectivity index (χ1n) is 8.96. The second kappa shape index (κ2) is 6.76. The second-order valence-corrected chi connectivity index (χ2v) is 6.93. The minimum absolute atomic E-state index is 0.0929. The molecule has 27 heavy (non-hydrogen) atoms. The number of hydrogen-bond acceptors (Lipinski definition) is 1. The fourth-order valence-electron chi connectivity index (χ4n) is 3.84. The fourth-order valence-corrected chi connectivity index (χ4v) is 3.84. The first-order chi connectivity index (χ1) is 12.9. The van der Waals surface area contributed by atoms with Crippen LogP contribution < -0.4 is 0 Å². The Hall–Kier alpha value is -2.76. The van der Waals surface area contributed by atoms with E-state index in [1.165, 1.54) is 23.1 Å². The average molecular weight is 372 g/mol. The van der Waals surface area contributed by atoms with E-state index < -0.39 is 11.7 Å². The third-order valence-corrected chi connectivity index (χ3v) is 5.28. The van der Waals surface area contributed by atoms with Crippen molar-refractivity contribution in [2.24, 2.45) is 0 Å². The van der Waals surface area contributed by atoms with Crippen LogP contribution in [0.25, 0.3) is 10.9 Å². The van der Waals surface area contributed by atoms with E-state index >= 15 is 0 Å². The number of hydrogen-bond donors (Lipinski definition) is 1. The van der Waals surface area contributed by atoms with Gasteiger partial charge in [0.2, 0.25) is 0 Å². The van der Waals surface area contributed by atoms with Crippen LogP contribution in [0.1, 0.15) is 40.2 Å². The number of nitrogens with zero attached hydrogens (tertiary/aromatic N) is 1. The van der Waals surface area contributed by atoms with Crippen molar-refractivity contribution >= 4 is 16.8 Å². The lowest BCUT2D eigenvalue weighted by Crippen LogP contribution is -2.38. The largest absolute Gasteiger partial charge is 0.416 e. The van der Waals surface area contributed by atoms with Gasteiger partial charge in [-0.2, -0.15) is 13.2 Å². The van der Waals surface area contributed by atoms with Gasteiger partial charge >= 0.3 is 6.18 Å². The summed E-state index contributed by atoms with van der Waals surface area (Å²) in [4.78, 5) is 17.6. The Balaban J connectivity index is 1.47. The molecule has 2 heterocycles. The van der Waals surface area contributed by atoms with Crippen molar-refractivity contribution in [2.45, 2.75) is 24.9 Å². The van der Waals surface area contributed by atoms with Crippen LogP contribution in [0, 0.1) is 0 Å². The zero-order chi connectivity index (χ0) is 19.0. The first-order valence-corrected chi connectivity index (χ1v) is 8.96. The van der Waals surface area contributed by atoms with E-state index in [1.54, 1.807) is 4.90 Å². The van der Waals surface area contributed by atoms with Gasteiger partial charge in [0.15, 0.2) is 0 Å². The Kier molecular flexibility index (Phi) is 4.42. The fraction of sp³-hybridized carbons (Fsp3) is 0.286. The van der Waals surface area contributed by atoms with Crippen LogP contribution in [0.3, 0.4) is 0 Å². The molecule has 1 amide bonds. The zero-order valence-corrected chi connectivity index (χ0v) is 14.6. The van der Waals surface area contributed by atoms with Gasteiger partial charge < -0.3 is 9.88 Å². The van der Waals surface area contributed by atoms with Gasteiger partial charge in [0, 0.05) is 35.8 Å². The number of aromatic nitrogens is 1. The number of halogens is 3. The minimum atomic E-state index is -4.45. The molecule has 0 atom stereocenters. The van der Waals surface area contributed by atoms with E-state index in [0.29, 0.717) is 19.0 Å². The summed E-state index contributed by atoms with van der Waals surface area (Å²) in [5, 5.41) is 1.19. The molecule has 1 N–H and O–H groups in total. The number of carbonyl (C=O) groups excluding carboxylic acids is 1. The number of nitrogens with one attached hydrogen (secondary N) is 1. The maximum Gasteiger partial charge on any atom is 0.416 e. The number of alkyl halides is 3. The van der Waals surface area contributed by atoms with Crippen LogP contribution in [0.2, 0.25) is 0 Å². The molecule has 4 rings (SSSR count). The molecule has 0 aliphatic carbocycles. The minimum Gasteiger partial charge on any atom is -0.361 e. The van der Waals surface area contributed by atoms with Crippen LogP contribution in [0.15, 0.2) is 54.7 Å². The van der Waals surface area contributed by atoms with Gasteiger partial charge in [-0.1, -0.05) is 24.3 Å². The van der Waals surface area contributed by atoms with Crippen LogP contribution in [0.4, 0.5) is 13.2 Å². The molecule has 1 fully saturated rings. The van der Waals surface area contributed by atoms with Gasteiger partial charge in [-0.15, -0.1) is 0 Å². The molecule has 3 aromatic rings. The Bertz CT molecular complexity index is 969. The highest BCUT2D eigenvalue weighted by Gasteiger charge is 2.32. The highest BCUT2D eigenvalue weighted by atomic mass is 19.4. The van der Waals surface area contributed by atoms with E-state index in [9.17, 15) is 18.0 Å². The number of benzene rings is 2. The number of likely N-dealkylation sites (tertiary alicyclic amines) is 1. The molecule has 1 aliphatic rings. The molecule has 1 aliphatic heterocycles. The highest BCUT2D eigenvalue weighted by Crippen LogP contribution is 2.34. The summed E-state index contributed by atoms with van der Waals surface area (Å²) in [6.07, 6.45) is -0.822. The van der Waals surface area contributed by atoms with Gasteiger partial charge in [-0.05, 0) is 48.6 Å². The van der Waals surface area contributed by atoms with Gasteiger partial charge in [0.1, 0.15) is 0 Å². The van der Waals surface area contributed by atoms with E-state index in [-0.39, 0.29) is 11.5 Å². The lowest BCUT2D eigenvalue weighted by molar-refractivity contribution is -0.137. The lowest BCUT2D eigenvalue weighted by Gasteiger charge is -2.32. The van der Waals surface area contributed by atoms with Crippen molar-refractivity contribution in [1.29, 1.82) is 0 Å². The summed E-state index contributed by atoms with van der Waals surface area (Å²) in [5.41, 5.74) is 1.64. The monoisotopic (exact) mass is 372 g/mol. The van der Waals surface area contributed by atoms with Gasteiger partial charge in [0.05, 0.1) is 5.56 Å². The van der Waals surface area contributed by atoms with Crippen molar-refractivity contribution in [1.82, 2.24) is 9.88 Å². The first kappa shape index (κ1) is 17.6. The molecule has 0 unspecified atom stereocenters. The smallest absolute Gasteiger partial charge is 0.361 e. The summed E-state index contributed by atoms with van der Waals surface area (Å²) in [6, 6.07) is 12.8. The Morgan fingerprint density at radius 3 is 2.52 bits per heavy atom. The topological polar surface area (TPSA) is 36.1 Å². The average Bonchev–Trinajstić information content (AvgIpc) is 3.11. The van der Waals surface area contributed by atoms with Crippen molar-refractivity contribution in [3.63, 3.8) is 0 Å². The summed E-state index contributed by atoms with van der Waals surface area (Å²) in [5.74, 6) is 0.00480. The number of H-pyrrole nitrogens is 1. The molecular weight excluding hydrogens is 353 g/mol. The van der Waals surface area contributed by atoms with Crippen LogP contribution in [-0.4, -0.2) is 28.9 Å². The predicted molar refractivity (Wildman–Crippen MR) is 97.6 cm³/mol. The Morgan fingerprint density at radius 1 is 1.04 bits per heavy atom. The zero-order valence-electron chi connectivity index (χ0n) is 14.6. The quantitative estimate of drug-likeness (QED) is 0.659. The van der Waals surface area contributed by atoms with Gasteiger partial charge in [-0.25, -0.2) is 0 Å². The number of aromatic amines is 1. The van der Waals surface area contributed by atoms with Crippen LogP contribution in [0.5, 0.6) is 0 Å². The molecule has 1 aromatic heterocycles. The lowest BCUT2D eigenvalue weighted by atomic mass is 9.89. The van der Waals surface area contributed by atoms with Crippen molar-refractivity contribution in [3.8, 4) is 0 Å². The van der Waals surface area contributed by atoms with Gasteiger partial charge in [-0.3, -0.25) is 4.79 Å². The number of rotatable bonds is 2.